The summed E-state index contributed by atoms with van der Waals surface area (Å²) in [5.74, 6) is 0.830. The van der Waals surface area contributed by atoms with Crippen LogP contribution in [0.5, 0.6) is 11.5 Å². The first kappa shape index (κ1) is 17.5. The van der Waals surface area contributed by atoms with Crippen molar-refractivity contribution in [2.45, 2.75) is 32.7 Å². The van der Waals surface area contributed by atoms with Crippen LogP contribution in [0.1, 0.15) is 35.5 Å². The number of carboxylic acids is 1. The molecular formula is C19H19N3O4S. The molecule has 0 bridgehead atoms. The van der Waals surface area contributed by atoms with Gasteiger partial charge in [0.25, 0.3) is 0 Å². The van der Waals surface area contributed by atoms with Crippen molar-refractivity contribution in [2.75, 3.05) is 12.1 Å². The smallest absolute Gasteiger partial charge is 0.314 e. The first-order valence-corrected chi connectivity index (χ1v) is 9.50. The highest BCUT2D eigenvalue weighted by atomic mass is 32.1. The van der Waals surface area contributed by atoms with Crippen molar-refractivity contribution in [1.82, 2.24) is 9.97 Å². The summed E-state index contributed by atoms with van der Waals surface area (Å²) < 4.78 is 10.8. The lowest BCUT2D eigenvalue weighted by Crippen LogP contribution is -2.15. The Labute approximate surface area is 160 Å². The Bertz CT molecular complexity index is 1020. The van der Waals surface area contributed by atoms with Crippen LogP contribution in [0.3, 0.4) is 0 Å². The van der Waals surface area contributed by atoms with Crippen molar-refractivity contribution < 1.29 is 19.4 Å². The summed E-state index contributed by atoms with van der Waals surface area (Å²) in [7, 11) is 0. The predicted molar refractivity (Wildman–Crippen MR) is 103 cm³/mol. The van der Waals surface area contributed by atoms with Crippen LogP contribution in [0.4, 0.5) is 5.82 Å². The van der Waals surface area contributed by atoms with E-state index in [1.165, 1.54) is 11.3 Å². The maximum absolute atomic E-state index is 11.5. The second kappa shape index (κ2) is 7.03. The van der Waals surface area contributed by atoms with Crippen molar-refractivity contribution in [3.63, 3.8) is 0 Å². The van der Waals surface area contributed by atoms with E-state index >= 15 is 0 Å². The molecule has 27 heavy (non-hydrogen) atoms. The third kappa shape index (κ3) is 3.40. The van der Waals surface area contributed by atoms with Gasteiger partial charge in [0.1, 0.15) is 22.4 Å². The molecule has 8 heteroatoms. The third-order valence-corrected chi connectivity index (χ3v) is 5.39. The van der Waals surface area contributed by atoms with Crippen LogP contribution >= 0.6 is 11.3 Å². The number of hydrogen-bond donors (Lipinski definition) is 2. The van der Waals surface area contributed by atoms with E-state index in [1.54, 1.807) is 0 Å². The Morgan fingerprint density at radius 2 is 2.11 bits per heavy atom. The molecule has 3 aromatic rings. The summed E-state index contributed by atoms with van der Waals surface area (Å²) in [6, 6.07) is 7.80. The zero-order valence-corrected chi connectivity index (χ0v) is 15.8. The second-order valence-electron chi connectivity index (χ2n) is 6.35. The van der Waals surface area contributed by atoms with Crippen molar-refractivity contribution in [2.24, 2.45) is 0 Å². The van der Waals surface area contributed by atoms with Gasteiger partial charge in [0.2, 0.25) is 6.79 Å². The number of nitrogens with one attached hydrogen (secondary N) is 1. The number of hydrogen-bond acceptors (Lipinski definition) is 7. The molecule has 1 atom stereocenters. The number of aryl methyl sites for hydroxylation is 1. The fourth-order valence-corrected chi connectivity index (χ4v) is 3.94. The minimum absolute atomic E-state index is 0.240. The minimum Gasteiger partial charge on any atom is -0.481 e. The van der Waals surface area contributed by atoms with Crippen LogP contribution in [0.2, 0.25) is 0 Å². The lowest BCUT2D eigenvalue weighted by atomic mass is 10.1. The number of carboxylic acid groups (broad SMARTS) is 1. The van der Waals surface area contributed by atoms with Gasteiger partial charge in [-0.15, -0.1) is 11.3 Å². The fourth-order valence-electron chi connectivity index (χ4n) is 3.05. The van der Waals surface area contributed by atoms with Crippen LogP contribution in [0.25, 0.3) is 10.2 Å². The van der Waals surface area contributed by atoms with Gasteiger partial charge < -0.3 is 19.9 Å². The molecule has 1 aliphatic heterocycles. The van der Waals surface area contributed by atoms with E-state index < -0.39 is 11.9 Å². The van der Waals surface area contributed by atoms with Gasteiger partial charge in [-0.05, 0) is 37.1 Å². The summed E-state index contributed by atoms with van der Waals surface area (Å²) >= 11 is 1.54. The number of anilines is 1. The van der Waals surface area contributed by atoms with Gasteiger partial charge in [-0.2, -0.15) is 0 Å². The fraction of sp³-hybridized carbons (Fsp3) is 0.316. The van der Waals surface area contributed by atoms with Crippen molar-refractivity contribution in [3.8, 4) is 11.5 Å². The molecule has 140 valence electrons. The van der Waals surface area contributed by atoms with Crippen LogP contribution in [0, 0.1) is 6.92 Å². The average Bonchev–Trinajstić information content (AvgIpc) is 3.24. The van der Waals surface area contributed by atoms with E-state index in [0.29, 0.717) is 24.6 Å². The number of nitrogens with zero attached hydrogens (tertiary/aromatic N) is 2. The van der Waals surface area contributed by atoms with E-state index in [1.807, 2.05) is 38.1 Å². The summed E-state index contributed by atoms with van der Waals surface area (Å²) in [6.07, 6.45) is 0.437. The Morgan fingerprint density at radius 3 is 2.89 bits per heavy atom. The topological polar surface area (TPSA) is 93.6 Å². The molecule has 4 rings (SSSR count). The first-order valence-electron chi connectivity index (χ1n) is 8.68. The van der Waals surface area contributed by atoms with Crippen LogP contribution < -0.4 is 14.8 Å². The van der Waals surface area contributed by atoms with Gasteiger partial charge in [-0.25, -0.2) is 9.97 Å². The Morgan fingerprint density at radius 1 is 1.30 bits per heavy atom. The van der Waals surface area contributed by atoms with Crippen LogP contribution in [-0.2, 0) is 11.3 Å². The molecule has 2 aromatic heterocycles. The predicted octanol–water partition coefficient (Wildman–Crippen LogP) is 3.92. The molecule has 1 aromatic carbocycles. The molecular weight excluding hydrogens is 366 g/mol. The summed E-state index contributed by atoms with van der Waals surface area (Å²) in [6.45, 7) is 4.60. The molecule has 0 amide bonds. The summed E-state index contributed by atoms with van der Waals surface area (Å²) in [5, 5.41) is 13.7. The molecule has 3 heterocycles. The molecule has 0 fully saturated rings. The van der Waals surface area contributed by atoms with Gasteiger partial charge >= 0.3 is 5.97 Å². The molecule has 0 saturated heterocycles. The van der Waals surface area contributed by atoms with Crippen molar-refractivity contribution in [1.29, 1.82) is 0 Å². The lowest BCUT2D eigenvalue weighted by molar-refractivity contribution is -0.139. The molecule has 1 aliphatic rings. The van der Waals surface area contributed by atoms with Crippen molar-refractivity contribution >= 4 is 33.3 Å². The van der Waals surface area contributed by atoms with E-state index in [4.69, 9.17) is 9.47 Å². The lowest BCUT2D eigenvalue weighted by Gasteiger charge is -2.12. The SMILES string of the molecule is CCC(C(=O)O)c1nc(NCc2ccc3c(c2)OCO3)c2cc(C)sc2n1. The number of aromatic nitrogens is 2. The number of benzene rings is 1. The second-order valence-corrected chi connectivity index (χ2v) is 7.58. The zero-order valence-electron chi connectivity index (χ0n) is 15.0. The quantitative estimate of drug-likeness (QED) is 0.664. The van der Waals surface area contributed by atoms with Gasteiger partial charge in [-0.3, -0.25) is 4.79 Å². The highest BCUT2D eigenvalue weighted by Gasteiger charge is 2.23. The number of rotatable bonds is 6. The molecule has 0 spiro atoms. The Hall–Kier alpha value is -2.87. The molecule has 0 radical (unpaired) electrons. The number of fused-ring (bicyclic) bond motifs is 2. The molecule has 1 unspecified atom stereocenters. The molecule has 0 saturated carbocycles. The van der Waals surface area contributed by atoms with E-state index in [9.17, 15) is 9.90 Å². The molecule has 7 nitrogen and oxygen atoms in total. The number of carbonyl (C=O) groups is 1. The maximum atomic E-state index is 11.5. The average molecular weight is 385 g/mol. The highest BCUT2D eigenvalue weighted by Crippen LogP contribution is 2.34. The summed E-state index contributed by atoms with van der Waals surface area (Å²) in [5.41, 5.74) is 1.02. The highest BCUT2D eigenvalue weighted by molar-refractivity contribution is 7.18. The monoisotopic (exact) mass is 385 g/mol. The van der Waals surface area contributed by atoms with E-state index in [0.717, 1.165) is 32.2 Å². The zero-order chi connectivity index (χ0) is 19.0. The maximum Gasteiger partial charge on any atom is 0.314 e. The Balaban J connectivity index is 1.66. The standard InChI is InChI=1S/C19H19N3O4S/c1-3-12(19(23)24)17-21-16(13-6-10(2)27-18(13)22-17)20-8-11-4-5-14-15(7-11)26-9-25-14/h4-7,12H,3,8-9H2,1-2H3,(H,23,24)(H,20,21,22). The van der Waals surface area contributed by atoms with E-state index in [-0.39, 0.29) is 6.79 Å². The first-order chi connectivity index (χ1) is 13.0. The minimum atomic E-state index is -0.910. The third-order valence-electron chi connectivity index (χ3n) is 4.45. The molecule has 2 N–H and O–H groups in total. The normalized spacial score (nSPS) is 13.7. The number of aliphatic carboxylic acids is 1. The van der Waals surface area contributed by atoms with Gasteiger partial charge in [-0.1, -0.05) is 13.0 Å². The van der Waals surface area contributed by atoms with Crippen molar-refractivity contribution in [3.05, 3.63) is 40.5 Å². The summed E-state index contributed by atoms with van der Waals surface area (Å²) in [4.78, 5) is 22.5. The largest absolute Gasteiger partial charge is 0.481 e. The Kier molecular flexibility index (Phi) is 4.57. The molecule has 0 aliphatic carbocycles. The van der Waals surface area contributed by atoms with Crippen LogP contribution in [0.15, 0.2) is 24.3 Å². The van der Waals surface area contributed by atoms with Gasteiger partial charge in [0, 0.05) is 11.4 Å². The van der Waals surface area contributed by atoms with Gasteiger partial charge in [0.05, 0.1) is 5.39 Å². The van der Waals surface area contributed by atoms with Crippen LogP contribution in [-0.4, -0.2) is 27.8 Å². The van der Waals surface area contributed by atoms with Gasteiger partial charge in [0.15, 0.2) is 11.5 Å². The number of thiophene rings is 1. The number of ether oxygens (including phenoxy) is 2. The van der Waals surface area contributed by atoms with E-state index in [2.05, 4.69) is 15.3 Å².